The second kappa shape index (κ2) is 7.24. The van der Waals surface area contributed by atoms with Gasteiger partial charge in [0.1, 0.15) is 0 Å². The van der Waals surface area contributed by atoms with Crippen LogP contribution in [0, 0.1) is 0 Å². The SMILES string of the molecule is C[C@@H](Cc1cccs1)NC(=O)c1ccccc1.S. The first-order valence-corrected chi connectivity index (χ1v) is 6.52. The fourth-order valence-corrected chi connectivity index (χ4v) is 2.51. The van der Waals surface area contributed by atoms with Crippen LogP contribution in [0.25, 0.3) is 0 Å². The molecule has 0 saturated heterocycles. The quantitative estimate of drug-likeness (QED) is 0.915. The molecule has 4 heteroatoms. The summed E-state index contributed by atoms with van der Waals surface area (Å²) < 4.78 is 0. The molecule has 0 fully saturated rings. The summed E-state index contributed by atoms with van der Waals surface area (Å²) in [6.07, 6.45) is 0.885. The molecule has 1 amide bonds. The van der Waals surface area contributed by atoms with Crippen molar-refractivity contribution < 1.29 is 4.79 Å². The normalized spacial score (nSPS) is 11.4. The van der Waals surface area contributed by atoms with Gasteiger partial charge in [-0.1, -0.05) is 24.3 Å². The Hall–Kier alpha value is -1.26. The molecule has 2 rings (SSSR count). The predicted molar refractivity (Wildman–Crippen MR) is 81.8 cm³/mol. The molecule has 2 aromatic rings. The molecule has 18 heavy (non-hydrogen) atoms. The summed E-state index contributed by atoms with van der Waals surface area (Å²) in [6, 6.07) is 13.6. The number of nitrogens with one attached hydrogen (secondary N) is 1. The van der Waals surface area contributed by atoms with Crippen molar-refractivity contribution in [2.75, 3.05) is 0 Å². The van der Waals surface area contributed by atoms with Gasteiger partial charge in [0, 0.05) is 22.9 Å². The first-order valence-electron chi connectivity index (χ1n) is 5.64. The molecule has 0 aliphatic rings. The van der Waals surface area contributed by atoms with E-state index >= 15 is 0 Å². The molecule has 1 N–H and O–H groups in total. The van der Waals surface area contributed by atoms with E-state index in [9.17, 15) is 4.79 Å². The van der Waals surface area contributed by atoms with Crippen LogP contribution in [0.4, 0.5) is 0 Å². The van der Waals surface area contributed by atoms with E-state index in [-0.39, 0.29) is 25.4 Å². The molecule has 1 atom stereocenters. The van der Waals surface area contributed by atoms with Crippen LogP contribution in [0.1, 0.15) is 22.2 Å². The third-order valence-electron chi connectivity index (χ3n) is 2.50. The fourth-order valence-electron chi connectivity index (χ4n) is 1.68. The van der Waals surface area contributed by atoms with Crippen molar-refractivity contribution in [2.24, 2.45) is 0 Å². The van der Waals surface area contributed by atoms with E-state index in [1.807, 2.05) is 43.3 Å². The lowest BCUT2D eigenvalue weighted by atomic mass is 10.1. The summed E-state index contributed by atoms with van der Waals surface area (Å²) in [5, 5.41) is 5.06. The molecule has 0 radical (unpaired) electrons. The average molecular weight is 279 g/mol. The van der Waals surface area contributed by atoms with Crippen LogP contribution < -0.4 is 5.32 Å². The summed E-state index contributed by atoms with van der Waals surface area (Å²) in [5.74, 6) is -0.00495. The highest BCUT2D eigenvalue weighted by molar-refractivity contribution is 7.59. The number of carbonyl (C=O) groups excluding carboxylic acids is 1. The standard InChI is InChI=1S/C14H15NOS.H2S/c1-11(10-13-8-5-9-17-13)15-14(16)12-6-3-2-4-7-12;/h2-9,11H,10H2,1H3,(H,15,16);1H2/t11-;/m0./s1. The fraction of sp³-hybridized carbons (Fsp3) is 0.214. The molecule has 0 bridgehead atoms. The minimum atomic E-state index is -0.00495. The van der Waals surface area contributed by atoms with E-state index in [4.69, 9.17) is 0 Å². The summed E-state index contributed by atoms with van der Waals surface area (Å²) in [4.78, 5) is 13.2. The van der Waals surface area contributed by atoms with Gasteiger partial charge < -0.3 is 5.32 Å². The van der Waals surface area contributed by atoms with Gasteiger partial charge in [-0.2, -0.15) is 13.5 Å². The lowest BCUT2D eigenvalue weighted by Gasteiger charge is -2.12. The molecular formula is C14H17NOS2. The Bertz CT molecular complexity index is 468. The minimum Gasteiger partial charge on any atom is -0.349 e. The van der Waals surface area contributed by atoms with Crippen LogP contribution in [-0.4, -0.2) is 11.9 Å². The van der Waals surface area contributed by atoms with Crippen molar-refractivity contribution in [3.05, 3.63) is 58.3 Å². The van der Waals surface area contributed by atoms with Gasteiger partial charge in [0.25, 0.3) is 5.91 Å². The van der Waals surface area contributed by atoms with Gasteiger partial charge in [0.2, 0.25) is 0 Å². The molecule has 1 aromatic carbocycles. The minimum absolute atomic E-state index is 0. The zero-order chi connectivity index (χ0) is 12.1. The van der Waals surface area contributed by atoms with Crippen LogP contribution >= 0.6 is 24.8 Å². The molecule has 0 aliphatic heterocycles. The Labute approximate surface area is 118 Å². The van der Waals surface area contributed by atoms with Gasteiger partial charge in [-0.3, -0.25) is 4.79 Å². The average Bonchev–Trinajstić information content (AvgIpc) is 2.82. The maximum absolute atomic E-state index is 11.9. The largest absolute Gasteiger partial charge is 0.349 e. The molecule has 0 saturated carbocycles. The predicted octanol–water partition coefficient (Wildman–Crippen LogP) is 3.22. The maximum Gasteiger partial charge on any atom is 0.251 e. The van der Waals surface area contributed by atoms with Crippen molar-refractivity contribution in [1.82, 2.24) is 5.32 Å². The topological polar surface area (TPSA) is 29.1 Å². The third-order valence-corrected chi connectivity index (χ3v) is 3.40. The molecule has 96 valence electrons. The Balaban J connectivity index is 0.00000162. The molecule has 0 aliphatic carbocycles. The third kappa shape index (κ3) is 4.20. The highest BCUT2D eigenvalue weighted by Gasteiger charge is 2.09. The van der Waals surface area contributed by atoms with Crippen molar-refractivity contribution in [1.29, 1.82) is 0 Å². The number of hydrogen-bond donors (Lipinski definition) is 1. The van der Waals surface area contributed by atoms with Gasteiger partial charge in [-0.25, -0.2) is 0 Å². The molecule has 1 heterocycles. The zero-order valence-corrected chi connectivity index (χ0v) is 12.0. The lowest BCUT2D eigenvalue weighted by molar-refractivity contribution is 0.0940. The van der Waals surface area contributed by atoms with Gasteiger partial charge in [-0.05, 0) is 30.5 Å². The van der Waals surface area contributed by atoms with E-state index in [0.29, 0.717) is 5.56 Å². The van der Waals surface area contributed by atoms with E-state index < -0.39 is 0 Å². The van der Waals surface area contributed by atoms with E-state index in [1.54, 1.807) is 11.3 Å². The highest BCUT2D eigenvalue weighted by atomic mass is 32.1. The summed E-state index contributed by atoms with van der Waals surface area (Å²) in [7, 11) is 0. The number of amides is 1. The van der Waals surface area contributed by atoms with Crippen LogP contribution in [0.15, 0.2) is 47.8 Å². The number of benzene rings is 1. The summed E-state index contributed by atoms with van der Waals surface area (Å²) in [6.45, 7) is 2.03. The molecule has 1 aromatic heterocycles. The second-order valence-corrected chi connectivity index (χ2v) is 5.06. The van der Waals surface area contributed by atoms with Crippen LogP contribution in [0.3, 0.4) is 0 Å². The molecule has 2 nitrogen and oxygen atoms in total. The van der Waals surface area contributed by atoms with Crippen LogP contribution in [0.2, 0.25) is 0 Å². The summed E-state index contributed by atoms with van der Waals surface area (Å²) in [5.41, 5.74) is 0.713. The Kier molecular flexibility index (Phi) is 5.95. The first-order chi connectivity index (χ1) is 8.25. The van der Waals surface area contributed by atoms with Crippen molar-refractivity contribution in [3.63, 3.8) is 0 Å². The van der Waals surface area contributed by atoms with E-state index in [2.05, 4.69) is 16.8 Å². The Morgan fingerprint density at radius 3 is 2.56 bits per heavy atom. The summed E-state index contributed by atoms with van der Waals surface area (Å²) >= 11 is 1.72. The van der Waals surface area contributed by atoms with E-state index in [0.717, 1.165) is 6.42 Å². The van der Waals surface area contributed by atoms with Crippen molar-refractivity contribution in [2.45, 2.75) is 19.4 Å². The zero-order valence-electron chi connectivity index (χ0n) is 10.2. The van der Waals surface area contributed by atoms with Gasteiger partial charge in [0.15, 0.2) is 0 Å². The first kappa shape index (κ1) is 14.8. The monoisotopic (exact) mass is 279 g/mol. The van der Waals surface area contributed by atoms with Gasteiger partial charge >= 0.3 is 0 Å². The van der Waals surface area contributed by atoms with Crippen LogP contribution in [0.5, 0.6) is 0 Å². The number of thiophene rings is 1. The van der Waals surface area contributed by atoms with Crippen LogP contribution in [-0.2, 0) is 6.42 Å². The number of rotatable bonds is 4. The van der Waals surface area contributed by atoms with Crippen molar-refractivity contribution >= 4 is 30.7 Å². The second-order valence-electron chi connectivity index (χ2n) is 4.02. The highest BCUT2D eigenvalue weighted by Crippen LogP contribution is 2.11. The van der Waals surface area contributed by atoms with Crippen molar-refractivity contribution in [3.8, 4) is 0 Å². The van der Waals surface area contributed by atoms with Gasteiger partial charge in [-0.15, -0.1) is 11.3 Å². The maximum atomic E-state index is 11.9. The lowest BCUT2D eigenvalue weighted by Crippen LogP contribution is -2.33. The Morgan fingerprint density at radius 1 is 1.22 bits per heavy atom. The number of carbonyl (C=O) groups is 1. The molecule has 0 unspecified atom stereocenters. The Morgan fingerprint density at radius 2 is 1.94 bits per heavy atom. The number of hydrogen-bond acceptors (Lipinski definition) is 2. The molecular weight excluding hydrogens is 262 g/mol. The smallest absolute Gasteiger partial charge is 0.251 e. The van der Waals surface area contributed by atoms with Gasteiger partial charge in [0.05, 0.1) is 0 Å². The van der Waals surface area contributed by atoms with E-state index in [1.165, 1.54) is 4.88 Å². The molecule has 0 spiro atoms.